The largest absolute Gasteiger partial charge is 0.336 e. The standard InChI is InChI=1S/C15H22N2OS/c1-11-12-4-8-19-13(12)3-7-17(11)14(18)9-15(10-16)5-2-6-15/h4,8,11H,2-3,5-7,9-10,16H2,1H3. The summed E-state index contributed by atoms with van der Waals surface area (Å²) >= 11 is 1.82. The number of fused-ring (bicyclic) bond motifs is 1. The lowest BCUT2D eigenvalue weighted by Gasteiger charge is -2.43. The number of rotatable bonds is 3. The van der Waals surface area contributed by atoms with E-state index in [2.05, 4.69) is 23.3 Å². The zero-order chi connectivity index (χ0) is 13.5. The van der Waals surface area contributed by atoms with Crippen molar-refractivity contribution in [3.63, 3.8) is 0 Å². The van der Waals surface area contributed by atoms with Gasteiger partial charge in [0.25, 0.3) is 0 Å². The van der Waals surface area contributed by atoms with E-state index in [9.17, 15) is 4.79 Å². The average Bonchev–Trinajstić information content (AvgIpc) is 2.83. The summed E-state index contributed by atoms with van der Waals surface area (Å²) in [6.45, 7) is 3.68. The van der Waals surface area contributed by atoms with Crippen LogP contribution in [-0.4, -0.2) is 23.9 Å². The third kappa shape index (κ3) is 2.21. The smallest absolute Gasteiger partial charge is 0.223 e. The van der Waals surface area contributed by atoms with Gasteiger partial charge in [0.15, 0.2) is 0 Å². The molecule has 1 aromatic rings. The first-order chi connectivity index (χ1) is 9.15. The molecular formula is C15H22N2OS. The zero-order valence-electron chi connectivity index (χ0n) is 11.5. The number of amides is 1. The molecule has 1 aliphatic carbocycles. The van der Waals surface area contributed by atoms with Crippen molar-refractivity contribution in [2.45, 2.75) is 45.1 Å². The van der Waals surface area contributed by atoms with Crippen LogP contribution in [0, 0.1) is 5.41 Å². The van der Waals surface area contributed by atoms with Gasteiger partial charge in [0, 0.05) is 17.8 Å². The molecule has 2 N–H and O–H groups in total. The van der Waals surface area contributed by atoms with Gasteiger partial charge in [-0.25, -0.2) is 0 Å². The van der Waals surface area contributed by atoms with Crippen LogP contribution in [0.3, 0.4) is 0 Å². The van der Waals surface area contributed by atoms with Gasteiger partial charge < -0.3 is 10.6 Å². The highest BCUT2D eigenvalue weighted by Crippen LogP contribution is 2.44. The molecule has 1 aromatic heterocycles. The third-order valence-electron chi connectivity index (χ3n) is 4.97. The van der Waals surface area contributed by atoms with E-state index in [-0.39, 0.29) is 11.5 Å². The molecule has 2 aliphatic rings. The van der Waals surface area contributed by atoms with Gasteiger partial charge in [0.1, 0.15) is 0 Å². The number of carbonyl (C=O) groups excluding carboxylic acids is 1. The van der Waals surface area contributed by atoms with E-state index in [0.29, 0.717) is 18.9 Å². The van der Waals surface area contributed by atoms with Crippen LogP contribution in [0.15, 0.2) is 11.4 Å². The van der Waals surface area contributed by atoms with Crippen molar-refractivity contribution in [2.24, 2.45) is 11.1 Å². The zero-order valence-corrected chi connectivity index (χ0v) is 12.3. The molecule has 0 saturated heterocycles. The van der Waals surface area contributed by atoms with Crippen LogP contribution in [0.5, 0.6) is 0 Å². The molecule has 4 heteroatoms. The van der Waals surface area contributed by atoms with Gasteiger partial charge in [-0.05, 0) is 55.2 Å². The maximum atomic E-state index is 12.6. The predicted molar refractivity (Wildman–Crippen MR) is 78.1 cm³/mol. The normalized spacial score (nSPS) is 24.7. The predicted octanol–water partition coefficient (Wildman–Crippen LogP) is 2.71. The fourth-order valence-corrected chi connectivity index (χ4v) is 4.37. The van der Waals surface area contributed by atoms with E-state index < -0.39 is 0 Å². The topological polar surface area (TPSA) is 46.3 Å². The van der Waals surface area contributed by atoms with Crippen LogP contribution in [0.25, 0.3) is 0 Å². The quantitative estimate of drug-likeness (QED) is 0.924. The summed E-state index contributed by atoms with van der Waals surface area (Å²) in [5, 5.41) is 2.14. The number of thiophene rings is 1. The van der Waals surface area contributed by atoms with Crippen LogP contribution >= 0.6 is 11.3 Å². The summed E-state index contributed by atoms with van der Waals surface area (Å²) in [6.07, 6.45) is 5.14. The highest BCUT2D eigenvalue weighted by Gasteiger charge is 2.40. The second-order valence-corrected chi connectivity index (χ2v) is 7.05. The van der Waals surface area contributed by atoms with Gasteiger partial charge in [-0.3, -0.25) is 4.79 Å². The van der Waals surface area contributed by atoms with Crippen molar-refractivity contribution in [1.29, 1.82) is 0 Å². The lowest BCUT2D eigenvalue weighted by Crippen LogP contribution is -2.45. The minimum absolute atomic E-state index is 0.117. The van der Waals surface area contributed by atoms with Crippen LogP contribution in [-0.2, 0) is 11.2 Å². The molecule has 0 spiro atoms. The van der Waals surface area contributed by atoms with Crippen LogP contribution in [0.4, 0.5) is 0 Å². The molecule has 1 fully saturated rings. The molecule has 0 aromatic carbocycles. The van der Waals surface area contributed by atoms with Crippen LogP contribution < -0.4 is 5.73 Å². The van der Waals surface area contributed by atoms with E-state index in [4.69, 9.17) is 5.73 Å². The Labute approximate surface area is 118 Å². The van der Waals surface area contributed by atoms with E-state index in [1.54, 1.807) is 0 Å². The fraction of sp³-hybridized carbons (Fsp3) is 0.667. The van der Waals surface area contributed by atoms with Crippen molar-refractivity contribution < 1.29 is 4.79 Å². The van der Waals surface area contributed by atoms with E-state index in [1.807, 2.05) is 11.3 Å². The minimum atomic E-state index is 0.117. The molecule has 1 atom stereocenters. The lowest BCUT2D eigenvalue weighted by molar-refractivity contribution is -0.137. The SMILES string of the molecule is CC1c2ccsc2CCN1C(=O)CC1(CN)CCC1. The van der Waals surface area contributed by atoms with Crippen molar-refractivity contribution in [1.82, 2.24) is 4.90 Å². The Morgan fingerprint density at radius 3 is 3.00 bits per heavy atom. The Morgan fingerprint density at radius 1 is 1.58 bits per heavy atom. The highest BCUT2D eigenvalue weighted by atomic mass is 32.1. The van der Waals surface area contributed by atoms with Gasteiger partial charge in [-0.2, -0.15) is 0 Å². The summed E-state index contributed by atoms with van der Waals surface area (Å²) in [7, 11) is 0. The minimum Gasteiger partial charge on any atom is -0.336 e. The fourth-order valence-electron chi connectivity index (χ4n) is 3.40. The summed E-state index contributed by atoms with van der Waals surface area (Å²) < 4.78 is 0. The molecule has 1 saturated carbocycles. The summed E-state index contributed by atoms with van der Waals surface area (Å²) in [5.74, 6) is 0.300. The Morgan fingerprint density at radius 2 is 2.37 bits per heavy atom. The van der Waals surface area contributed by atoms with Gasteiger partial charge in [0.05, 0.1) is 6.04 Å². The maximum Gasteiger partial charge on any atom is 0.223 e. The van der Waals surface area contributed by atoms with Gasteiger partial charge in [0.2, 0.25) is 5.91 Å². The Hall–Kier alpha value is -0.870. The molecule has 0 bridgehead atoms. The molecule has 0 radical (unpaired) electrons. The number of nitrogens with two attached hydrogens (primary N) is 1. The van der Waals surface area contributed by atoms with Crippen molar-refractivity contribution in [2.75, 3.05) is 13.1 Å². The number of hydrogen-bond donors (Lipinski definition) is 1. The Balaban J connectivity index is 1.71. The molecule has 3 nitrogen and oxygen atoms in total. The van der Waals surface area contributed by atoms with Crippen molar-refractivity contribution in [3.8, 4) is 0 Å². The lowest BCUT2D eigenvalue weighted by atomic mass is 9.66. The molecule has 1 amide bonds. The van der Waals surface area contributed by atoms with E-state index in [1.165, 1.54) is 16.9 Å². The van der Waals surface area contributed by atoms with E-state index in [0.717, 1.165) is 25.8 Å². The van der Waals surface area contributed by atoms with Crippen LogP contribution in [0.1, 0.15) is 49.1 Å². The summed E-state index contributed by atoms with van der Waals surface area (Å²) in [4.78, 5) is 16.1. The molecule has 104 valence electrons. The first-order valence-corrected chi connectivity index (χ1v) is 8.09. The van der Waals surface area contributed by atoms with E-state index >= 15 is 0 Å². The first-order valence-electron chi connectivity index (χ1n) is 7.21. The van der Waals surface area contributed by atoms with Gasteiger partial charge in [-0.15, -0.1) is 11.3 Å². The average molecular weight is 278 g/mol. The molecular weight excluding hydrogens is 256 g/mol. The molecule has 3 rings (SSSR count). The first kappa shape index (κ1) is 13.1. The van der Waals surface area contributed by atoms with Crippen molar-refractivity contribution in [3.05, 3.63) is 21.9 Å². The number of carbonyl (C=O) groups is 1. The summed E-state index contributed by atoms with van der Waals surface area (Å²) in [6, 6.07) is 2.41. The maximum absolute atomic E-state index is 12.6. The highest BCUT2D eigenvalue weighted by molar-refractivity contribution is 7.10. The Bertz CT molecular complexity index is 473. The second kappa shape index (κ2) is 4.91. The van der Waals surface area contributed by atoms with Crippen LogP contribution in [0.2, 0.25) is 0 Å². The monoisotopic (exact) mass is 278 g/mol. The van der Waals surface area contributed by atoms with Gasteiger partial charge in [-0.1, -0.05) is 6.42 Å². The molecule has 1 unspecified atom stereocenters. The molecule has 2 heterocycles. The Kier molecular flexibility index (Phi) is 3.39. The third-order valence-corrected chi connectivity index (χ3v) is 5.97. The van der Waals surface area contributed by atoms with Crippen molar-refractivity contribution >= 4 is 17.2 Å². The second-order valence-electron chi connectivity index (χ2n) is 6.05. The number of nitrogens with zero attached hydrogens (tertiary/aromatic N) is 1. The molecule has 19 heavy (non-hydrogen) atoms. The number of hydrogen-bond acceptors (Lipinski definition) is 3. The van der Waals surface area contributed by atoms with Gasteiger partial charge >= 0.3 is 0 Å². The molecule has 1 aliphatic heterocycles. The summed E-state index contributed by atoms with van der Waals surface area (Å²) in [5.41, 5.74) is 7.34.